The number of halogens is 2. The van der Waals surface area contributed by atoms with Crippen molar-refractivity contribution >= 4 is 46.8 Å². The quantitative estimate of drug-likeness (QED) is 0.755. The van der Waals surface area contributed by atoms with Crippen LogP contribution in [-0.2, 0) is 20.1 Å². The summed E-state index contributed by atoms with van der Waals surface area (Å²) in [4.78, 5) is 23.4. The third-order valence-corrected chi connectivity index (χ3v) is 4.79. The first kappa shape index (κ1) is 17.4. The van der Waals surface area contributed by atoms with Crippen LogP contribution in [0, 0.1) is 0 Å². The Morgan fingerprint density at radius 1 is 1.36 bits per heavy atom. The second-order valence-corrected chi connectivity index (χ2v) is 6.96. The molecule has 0 spiro atoms. The third kappa shape index (κ3) is 5.71. The van der Waals surface area contributed by atoms with Gasteiger partial charge >= 0.3 is 5.97 Å². The number of benzene rings is 1. The molecule has 2 rings (SSSR count). The maximum absolute atomic E-state index is 11.7. The number of hydrogen-bond donors (Lipinski definition) is 1. The summed E-state index contributed by atoms with van der Waals surface area (Å²) >= 11 is 13.2. The van der Waals surface area contributed by atoms with Gasteiger partial charge in [-0.2, -0.15) is 0 Å². The topological polar surface area (TPSA) is 55.4 Å². The van der Waals surface area contributed by atoms with E-state index >= 15 is 0 Å². The van der Waals surface area contributed by atoms with Crippen LogP contribution in [-0.4, -0.2) is 29.8 Å². The van der Waals surface area contributed by atoms with Crippen molar-refractivity contribution in [3.8, 4) is 0 Å². The van der Waals surface area contributed by atoms with Crippen molar-refractivity contribution < 1.29 is 14.3 Å². The van der Waals surface area contributed by atoms with Gasteiger partial charge in [-0.05, 0) is 37.5 Å². The van der Waals surface area contributed by atoms with Gasteiger partial charge in [-0.1, -0.05) is 29.3 Å². The molecule has 120 valence electrons. The van der Waals surface area contributed by atoms with E-state index in [1.807, 2.05) is 6.07 Å². The van der Waals surface area contributed by atoms with E-state index in [4.69, 9.17) is 27.9 Å². The second-order valence-electron chi connectivity index (χ2n) is 5.16. The molecule has 0 bridgehead atoms. The second kappa shape index (κ2) is 8.09. The van der Waals surface area contributed by atoms with Crippen molar-refractivity contribution in [1.29, 1.82) is 0 Å². The maximum atomic E-state index is 11.7. The lowest BCUT2D eigenvalue weighted by molar-refractivity contribution is -0.152. The normalized spacial score (nSPS) is 15.2. The van der Waals surface area contributed by atoms with Crippen molar-refractivity contribution in [3.63, 3.8) is 0 Å². The number of ether oxygens (including phenoxy) is 1. The smallest absolute Gasteiger partial charge is 0.316 e. The lowest BCUT2D eigenvalue weighted by Gasteiger charge is -2.13. The number of carbonyl (C=O) groups is 2. The summed E-state index contributed by atoms with van der Waals surface area (Å²) in [6, 6.07) is 5.62. The summed E-state index contributed by atoms with van der Waals surface area (Å²) < 4.78 is 5.10. The molecule has 1 atom stereocenters. The van der Waals surface area contributed by atoms with Crippen molar-refractivity contribution in [1.82, 2.24) is 5.32 Å². The first-order valence-electron chi connectivity index (χ1n) is 6.97. The van der Waals surface area contributed by atoms with E-state index in [0.29, 0.717) is 15.8 Å². The van der Waals surface area contributed by atoms with Crippen molar-refractivity contribution in [2.24, 2.45) is 0 Å². The average molecular weight is 362 g/mol. The van der Waals surface area contributed by atoms with E-state index in [2.05, 4.69) is 5.32 Å². The summed E-state index contributed by atoms with van der Waals surface area (Å²) in [7, 11) is 0. The maximum Gasteiger partial charge on any atom is 0.316 e. The number of nitrogens with one attached hydrogen (secondary N) is 1. The monoisotopic (exact) mass is 361 g/mol. The minimum absolute atomic E-state index is 0.182. The summed E-state index contributed by atoms with van der Waals surface area (Å²) in [5.74, 6) is 0.171. The Morgan fingerprint density at radius 3 is 2.73 bits per heavy atom. The van der Waals surface area contributed by atoms with E-state index < -0.39 is 12.1 Å². The van der Waals surface area contributed by atoms with Gasteiger partial charge in [0, 0.05) is 11.8 Å². The molecule has 1 N–H and O–H groups in total. The zero-order chi connectivity index (χ0) is 16.1. The predicted octanol–water partition coefficient (Wildman–Crippen LogP) is 3.44. The number of rotatable bonds is 7. The molecule has 4 nitrogen and oxygen atoms in total. The molecule has 22 heavy (non-hydrogen) atoms. The molecule has 0 aromatic heterocycles. The molecule has 1 aromatic carbocycles. The van der Waals surface area contributed by atoms with E-state index in [9.17, 15) is 9.59 Å². The molecule has 1 saturated carbocycles. The Bertz CT molecular complexity index is 564. The van der Waals surface area contributed by atoms with Crippen molar-refractivity contribution in [2.75, 3.05) is 5.75 Å². The third-order valence-electron chi connectivity index (χ3n) is 3.07. The Labute approximate surface area is 143 Å². The highest BCUT2D eigenvalue weighted by molar-refractivity contribution is 7.99. The van der Waals surface area contributed by atoms with E-state index in [0.717, 1.165) is 18.4 Å². The summed E-state index contributed by atoms with van der Waals surface area (Å²) in [5.41, 5.74) is 0.978. The Balaban J connectivity index is 1.68. The van der Waals surface area contributed by atoms with Crippen LogP contribution in [0.4, 0.5) is 0 Å². The molecule has 1 aliphatic rings. The summed E-state index contributed by atoms with van der Waals surface area (Å²) in [5, 5.41) is 3.80. The molecule has 1 aromatic rings. The molecule has 0 heterocycles. The van der Waals surface area contributed by atoms with Gasteiger partial charge in [-0.25, -0.2) is 0 Å². The minimum atomic E-state index is -0.751. The SMILES string of the molecule is C[C@H](OC(=O)CSCc1ccc(Cl)c(Cl)c1)C(=O)NC1CC1. The van der Waals surface area contributed by atoms with Gasteiger partial charge in [-0.3, -0.25) is 9.59 Å². The molecule has 1 fully saturated rings. The van der Waals surface area contributed by atoms with Gasteiger partial charge in [0.1, 0.15) is 0 Å². The highest BCUT2D eigenvalue weighted by Gasteiger charge is 2.27. The molecule has 1 amide bonds. The van der Waals surface area contributed by atoms with Gasteiger partial charge in [0.25, 0.3) is 5.91 Å². The van der Waals surface area contributed by atoms with E-state index in [1.165, 1.54) is 11.8 Å². The predicted molar refractivity (Wildman–Crippen MR) is 89.3 cm³/mol. The number of esters is 1. The fourth-order valence-electron chi connectivity index (χ4n) is 1.71. The van der Waals surface area contributed by atoms with Crippen LogP contribution >= 0.6 is 35.0 Å². The van der Waals surface area contributed by atoms with Gasteiger partial charge in [0.15, 0.2) is 6.10 Å². The Hall–Kier alpha value is -0.910. The summed E-state index contributed by atoms with van der Waals surface area (Å²) in [6.45, 7) is 1.58. The molecule has 0 unspecified atom stereocenters. The van der Waals surface area contributed by atoms with E-state index in [-0.39, 0.29) is 17.7 Å². The molecule has 1 aliphatic carbocycles. The van der Waals surface area contributed by atoms with Crippen LogP contribution in [0.5, 0.6) is 0 Å². The van der Waals surface area contributed by atoms with E-state index in [1.54, 1.807) is 19.1 Å². The largest absolute Gasteiger partial charge is 0.452 e. The lowest BCUT2D eigenvalue weighted by atomic mass is 10.2. The molecular formula is C15H17Cl2NO3S. The van der Waals surface area contributed by atoms with Crippen LogP contribution in [0.15, 0.2) is 18.2 Å². The van der Waals surface area contributed by atoms with Gasteiger partial charge in [0.2, 0.25) is 0 Å². The minimum Gasteiger partial charge on any atom is -0.452 e. The van der Waals surface area contributed by atoms with Crippen LogP contribution in [0.2, 0.25) is 10.0 Å². The number of carbonyl (C=O) groups excluding carboxylic acids is 2. The molecule has 0 radical (unpaired) electrons. The zero-order valence-corrected chi connectivity index (χ0v) is 14.4. The zero-order valence-electron chi connectivity index (χ0n) is 12.1. The molecule has 7 heteroatoms. The first-order chi connectivity index (χ1) is 10.5. The highest BCUT2D eigenvalue weighted by atomic mass is 35.5. The van der Waals surface area contributed by atoms with Crippen LogP contribution in [0.1, 0.15) is 25.3 Å². The summed E-state index contributed by atoms with van der Waals surface area (Å²) in [6.07, 6.45) is 1.26. The van der Waals surface area contributed by atoms with Gasteiger partial charge in [-0.15, -0.1) is 11.8 Å². The first-order valence-corrected chi connectivity index (χ1v) is 8.88. The van der Waals surface area contributed by atoms with Crippen LogP contribution < -0.4 is 5.32 Å². The number of hydrogen-bond acceptors (Lipinski definition) is 4. The lowest BCUT2D eigenvalue weighted by Crippen LogP contribution is -2.37. The number of amides is 1. The number of thioether (sulfide) groups is 1. The average Bonchev–Trinajstić information content (AvgIpc) is 3.26. The fraction of sp³-hybridized carbons (Fsp3) is 0.467. The van der Waals surface area contributed by atoms with Crippen molar-refractivity contribution in [3.05, 3.63) is 33.8 Å². The molecule has 0 aliphatic heterocycles. The van der Waals surface area contributed by atoms with Gasteiger partial charge < -0.3 is 10.1 Å². The van der Waals surface area contributed by atoms with Crippen LogP contribution in [0.3, 0.4) is 0 Å². The molecule has 0 saturated heterocycles. The van der Waals surface area contributed by atoms with Crippen LogP contribution in [0.25, 0.3) is 0 Å². The standard InChI is InChI=1S/C15H17Cl2NO3S/c1-9(15(20)18-11-3-4-11)21-14(19)8-22-7-10-2-5-12(16)13(17)6-10/h2,5-6,9,11H,3-4,7-8H2,1H3,(H,18,20)/t9-/m0/s1. The fourth-order valence-corrected chi connectivity index (χ4v) is 2.79. The van der Waals surface area contributed by atoms with Crippen molar-refractivity contribution in [2.45, 2.75) is 37.7 Å². The van der Waals surface area contributed by atoms with Gasteiger partial charge in [0.05, 0.1) is 15.8 Å². The molecular weight excluding hydrogens is 345 g/mol. The Kier molecular flexibility index (Phi) is 6.41. The Morgan fingerprint density at radius 2 is 2.09 bits per heavy atom. The highest BCUT2D eigenvalue weighted by Crippen LogP contribution is 2.24.